The SMILES string of the molecule is Cc1cc(C)n(-c2nc3c(c(=O)n(Cc4ccc(Cl)cc4Cl)c(=O)n3C)n2C)n1. The Morgan fingerprint density at radius 1 is 1.03 bits per heavy atom. The number of rotatable bonds is 3. The molecule has 3 aromatic heterocycles. The molecule has 0 aliphatic carbocycles. The summed E-state index contributed by atoms with van der Waals surface area (Å²) >= 11 is 12.2. The van der Waals surface area contributed by atoms with Crippen LogP contribution < -0.4 is 11.2 Å². The molecule has 0 saturated carbocycles. The molecule has 0 atom stereocenters. The van der Waals surface area contributed by atoms with Gasteiger partial charge in [-0.3, -0.25) is 13.9 Å². The number of fused-ring (bicyclic) bond motifs is 1. The van der Waals surface area contributed by atoms with Gasteiger partial charge in [0.15, 0.2) is 11.2 Å². The third-order valence-corrected chi connectivity index (χ3v) is 5.47. The van der Waals surface area contributed by atoms with Crippen molar-refractivity contribution in [3.05, 3.63) is 72.1 Å². The zero-order valence-corrected chi connectivity index (χ0v) is 17.8. The van der Waals surface area contributed by atoms with E-state index in [0.29, 0.717) is 32.7 Å². The number of halogens is 2. The van der Waals surface area contributed by atoms with Crippen LogP contribution in [0.15, 0.2) is 33.9 Å². The van der Waals surface area contributed by atoms with Crippen LogP contribution in [-0.2, 0) is 20.6 Å². The molecule has 3 heterocycles. The molecule has 0 saturated heterocycles. The first-order chi connectivity index (χ1) is 13.7. The lowest BCUT2D eigenvalue weighted by atomic mass is 10.2. The number of nitrogens with zero attached hydrogens (tertiary/aromatic N) is 6. The zero-order chi connectivity index (χ0) is 21.0. The molecule has 0 fully saturated rings. The fourth-order valence-electron chi connectivity index (χ4n) is 3.41. The fraction of sp³-hybridized carbons (Fsp3) is 0.263. The first-order valence-corrected chi connectivity index (χ1v) is 9.58. The molecule has 0 N–H and O–H groups in total. The molecule has 1 aromatic carbocycles. The lowest BCUT2D eigenvalue weighted by Gasteiger charge is -2.10. The molecule has 150 valence electrons. The van der Waals surface area contributed by atoms with E-state index in [-0.39, 0.29) is 6.54 Å². The van der Waals surface area contributed by atoms with Crippen LogP contribution >= 0.6 is 23.2 Å². The van der Waals surface area contributed by atoms with Crippen LogP contribution in [0.2, 0.25) is 10.0 Å². The summed E-state index contributed by atoms with van der Waals surface area (Å²) in [6, 6.07) is 6.86. The van der Waals surface area contributed by atoms with Crippen molar-refractivity contribution < 1.29 is 0 Å². The first kappa shape index (κ1) is 19.5. The predicted octanol–water partition coefficient (Wildman–Crippen LogP) is 2.59. The van der Waals surface area contributed by atoms with E-state index in [0.717, 1.165) is 16.0 Å². The maximum atomic E-state index is 13.2. The van der Waals surface area contributed by atoms with Crippen LogP contribution in [0, 0.1) is 13.8 Å². The standard InChI is InChI=1S/C19H18Cl2N6O2/c1-10-7-11(2)27(23-10)18-22-16-15(24(18)3)17(28)26(19(29)25(16)4)9-12-5-6-13(20)8-14(12)21/h5-8H,9H2,1-4H3. The van der Waals surface area contributed by atoms with Crippen molar-refractivity contribution in [2.75, 3.05) is 0 Å². The molecule has 0 radical (unpaired) electrons. The minimum Gasteiger partial charge on any atom is -0.306 e. The second kappa shape index (κ2) is 6.89. The molecule has 0 amide bonds. The topological polar surface area (TPSA) is 79.6 Å². The molecule has 0 aliphatic heterocycles. The Labute approximate surface area is 175 Å². The van der Waals surface area contributed by atoms with Crippen molar-refractivity contribution in [2.24, 2.45) is 14.1 Å². The van der Waals surface area contributed by atoms with Gasteiger partial charge >= 0.3 is 5.69 Å². The van der Waals surface area contributed by atoms with Crippen LogP contribution in [0.25, 0.3) is 17.1 Å². The molecule has 0 bridgehead atoms. The Hall–Kier alpha value is -2.84. The molecular formula is C19H18Cl2N6O2. The molecule has 4 aromatic rings. The highest BCUT2D eigenvalue weighted by atomic mass is 35.5. The van der Waals surface area contributed by atoms with Gasteiger partial charge in [-0.15, -0.1) is 0 Å². The van der Waals surface area contributed by atoms with Crippen LogP contribution in [0.5, 0.6) is 0 Å². The molecule has 29 heavy (non-hydrogen) atoms. The summed E-state index contributed by atoms with van der Waals surface area (Å²) in [5.74, 6) is 0.458. The average molecular weight is 433 g/mol. The van der Waals surface area contributed by atoms with E-state index in [1.807, 2.05) is 19.9 Å². The summed E-state index contributed by atoms with van der Waals surface area (Å²) in [5.41, 5.74) is 2.00. The maximum Gasteiger partial charge on any atom is 0.332 e. The van der Waals surface area contributed by atoms with E-state index in [9.17, 15) is 9.59 Å². The van der Waals surface area contributed by atoms with Crippen molar-refractivity contribution in [2.45, 2.75) is 20.4 Å². The van der Waals surface area contributed by atoms with Gasteiger partial charge < -0.3 is 4.57 Å². The molecular weight excluding hydrogens is 415 g/mol. The van der Waals surface area contributed by atoms with Crippen LogP contribution in [-0.4, -0.2) is 28.5 Å². The molecule has 4 rings (SSSR count). The van der Waals surface area contributed by atoms with Gasteiger partial charge in [0, 0.05) is 29.8 Å². The summed E-state index contributed by atoms with van der Waals surface area (Å²) in [6.45, 7) is 3.81. The maximum absolute atomic E-state index is 13.2. The average Bonchev–Trinajstić information content (AvgIpc) is 3.17. The summed E-state index contributed by atoms with van der Waals surface area (Å²) in [4.78, 5) is 30.7. The van der Waals surface area contributed by atoms with E-state index >= 15 is 0 Å². The monoisotopic (exact) mass is 432 g/mol. The number of aromatic nitrogens is 6. The molecule has 0 spiro atoms. The van der Waals surface area contributed by atoms with Crippen LogP contribution in [0.3, 0.4) is 0 Å². The number of hydrogen-bond donors (Lipinski definition) is 0. The van der Waals surface area contributed by atoms with Gasteiger partial charge in [0.05, 0.1) is 12.2 Å². The quantitative estimate of drug-likeness (QED) is 0.498. The minimum absolute atomic E-state index is 0.0257. The van der Waals surface area contributed by atoms with Gasteiger partial charge in [-0.1, -0.05) is 29.3 Å². The van der Waals surface area contributed by atoms with E-state index in [2.05, 4.69) is 10.1 Å². The highest BCUT2D eigenvalue weighted by Gasteiger charge is 2.21. The summed E-state index contributed by atoms with van der Waals surface area (Å²) in [5, 5.41) is 5.31. The first-order valence-electron chi connectivity index (χ1n) is 8.83. The summed E-state index contributed by atoms with van der Waals surface area (Å²) < 4.78 is 5.80. The Morgan fingerprint density at radius 3 is 2.38 bits per heavy atom. The van der Waals surface area contributed by atoms with Crippen LogP contribution in [0.4, 0.5) is 0 Å². The Balaban J connectivity index is 1.96. The smallest absolute Gasteiger partial charge is 0.306 e. The third-order valence-electron chi connectivity index (χ3n) is 4.88. The normalized spacial score (nSPS) is 11.5. The Kier molecular flexibility index (Phi) is 4.63. The van der Waals surface area contributed by atoms with Gasteiger partial charge in [0.25, 0.3) is 5.56 Å². The van der Waals surface area contributed by atoms with E-state index < -0.39 is 11.2 Å². The lowest BCUT2D eigenvalue weighted by Crippen LogP contribution is -2.39. The van der Waals surface area contributed by atoms with Crippen molar-refractivity contribution >= 4 is 34.4 Å². The summed E-state index contributed by atoms with van der Waals surface area (Å²) in [7, 11) is 3.31. The number of aryl methyl sites for hydroxylation is 4. The highest BCUT2D eigenvalue weighted by Crippen LogP contribution is 2.21. The van der Waals surface area contributed by atoms with Gasteiger partial charge in [0.1, 0.15) is 0 Å². The van der Waals surface area contributed by atoms with E-state index in [1.165, 1.54) is 4.57 Å². The van der Waals surface area contributed by atoms with Gasteiger partial charge in [-0.05, 0) is 37.6 Å². The highest BCUT2D eigenvalue weighted by molar-refractivity contribution is 6.35. The molecule has 0 unspecified atom stereocenters. The van der Waals surface area contributed by atoms with Gasteiger partial charge in [-0.2, -0.15) is 10.1 Å². The lowest BCUT2D eigenvalue weighted by molar-refractivity contribution is 0.655. The second-order valence-electron chi connectivity index (χ2n) is 6.95. The van der Waals surface area contributed by atoms with Crippen molar-refractivity contribution in [1.29, 1.82) is 0 Å². The molecule has 10 heteroatoms. The number of benzene rings is 1. The fourth-order valence-corrected chi connectivity index (χ4v) is 3.88. The summed E-state index contributed by atoms with van der Waals surface area (Å²) in [6.07, 6.45) is 0. The Morgan fingerprint density at radius 2 is 1.76 bits per heavy atom. The second-order valence-corrected chi connectivity index (χ2v) is 7.79. The third kappa shape index (κ3) is 3.08. The largest absolute Gasteiger partial charge is 0.332 e. The van der Waals surface area contributed by atoms with E-state index in [1.54, 1.807) is 41.5 Å². The van der Waals surface area contributed by atoms with E-state index in [4.69, 9.17) is 23.2 Å². The number of hydrogen-bond acceptors (Lipinski definition) is 4. The Bertz CT molecular complexity index is 1390. The van der Waals surface area contributed by atoms with Crippen molar-refractivity contribution in [1.82, 2.24) is 28.5 Å². The van der Waals surface area contributed by atoms with Crippen molar-refractivity contribution in [3.8, 4) is 5.95 Å². The predicted molar refractivity (Wildman–Crippen MR) is 112 cm³/mol. The van der Waals surface area contributed by atoms with Crippen LogP contribution in [0.1, 0.15) is 17.0 Å². The molecule has 8 nitrogen and oxygen atoms in total. The van der Waals surface area contributed by atoms with Gasteiger partial charge in [-0.25, -0.2) is 9.48 Å². The van der Waals surface area contributed by atoms with Crippen molar-refractivity contribution in [3.63, 3.8) is 0 Å². The molecule has 0 aliphatic rings. The van der Waals surface area contributed by atoms with Gasteiger partial charge in [0.2, 0.25) is 5.95 Å². The zero-order valence-electron chi connectivity index (χ0n) is 16.3. The number of imidazole rings is 1. The minimum atomic E-state index is -0.480.